The quantitative estimate of drug-likeness (QED) is 0.748. The molecule has 2 aliphatic heterocycles. The summed E-state index contributed by atoms with van der Waals surface area (Å²) >= 11 is 0. The van der Waals surface area contributed by atoms with Crippen molar-refractivity contribution in [3.05, 3.63) is 59.9 Å². The van der Waals surface area contributed by atoms with E-state index in [-0.39, 0.29) is 41.9 Å². The number of carbonyl (C=O) groups excluding carboxylic acids is 2. The number of aromatic hydroxyl groups is 1. The lowest BCUT2D eigenvalue weighted by molar-refractivity contribution is -0.130. The van der Waals surface area contributed by atoms with Crippen LogP contribution in [0.5, 0.6) is 5.75 Å². The van der Waals surface area contributed by atoms with Gasteiger partial charge in [0.2, 0.25) is 5.91 Å². The average molecular weight is 397 g/mol. The van der Waals surface area contributed by atoms with E-state index in [4.69, 9.17) is 9.90 Å². The number of benzene rings is 1. The molecular formula is C21H23N3O5. The normalized spacial score (nSPS) is 22.4. The van der Waals surface area contributed by atoms with Crippen LogP contribution in [0.25, 0.3) is 0 Å². The van der Waals surface area contributed by atoms with Crippen LogP contribution in [0.1, 0.15) is 28.9 Å². The minimum absolute atomic E-state index is 0.00111. The number of carbonyl (C=O) groups is 3. The molecule has 0 saturated carbocycles. The number of likely N-dealkylation sites (tertiary alicyclic amines) is 2. The van der Waals surface area contributed by atoms with Gasteiger partial charge in [0.05, 0.1) is 17.8 Å². The number of nitrogens with zero attached hydrogens (tertiary/aromatic N) is 3. The number of hydrogen-bond donors (Lipinski definition) is 2. The molecule has 1 aromatic heterocycles. The zero-order chi connectivity index (χ0) is 21.0. The average Bonchev–Trinajstić information content (AvgIpc) is 3.27. The Kier molecular flexibility index (Phi) is 6.11. The molecule has 2 aromatic rings. The standard InChI is InChI=1S/C20H21N3O3.CH2O2/c1-13(24)23-11-16-10-22(20(26)15-7-17(25)9-21-8-15)12-18(16)19(23)14-5-3-2-4-6-14;2-1-3/h2-9,16,18-19,25H,10-12H2,1H3;1H,(H,2,3)/t16-,18-,19+;/m1./s1. The fourth-order valence-electron chi connectivity index (χ4n) is 4.34. The third-order valence-electron chi connectivity index (χ3n) is 5.47. The summed E-state index contributed by atoms with van der Waals surface area (Å²) in [5.41, 5.74) is 1.51. The van der Waals surface area contributed by atoms with Gasteiger partial charge in [0.1, 0.15) is 5.75 Å². The molecular weight excluding hydrogens is 374 g/mol. The molecule has 0 radical (unpaired) electrons. The summed E-state index contributed by atoms with van der Waals surface area (Å²) in [4.78, 5) is 40.9. The van der Waals surface area contributed by atoms with Gasteiger partial charge in [-0.1, -0.05) is 30.3 Å². The molecule has 3 heterocycles. The Morgan fingerprint density at radius 2 is 1.83 bits per heavy atom. The van der Waals surface area contributed by atoms with Gasteiger partial charge >= 0.3 is 0 Å². The Hall–Kier alpha value is -3.42. The fraction of sp³-hybridized carbons (Fsp3) is 0.333. The van der Waals surface area contributed by atoms with E-state index in [0.717, 1.165) is 5.56 Å². The summed E-state index contributed by atoms with van der Waals surface area (Å²) in [7, 11) is 0. The van der Waals surface area contributed by atoms with Gasteiger partial charge < -0.3 is 20.0 Å². The molecule has 29 heavy (non-hydrogen) atoms. The first-order chi connectivity index (χ1) is 14.0. The lowest BCUT2D eigenvalue weighted by Crippen LogP contribution is -2.36. The first-order valence-corrected chi connectivity index (χ1v) is 9.29. The van der Waals surface area contributed by atoms with Crippen LogP contribution in [0, 0.1) is 11.8 Å². The Balaban J connectivity index is 0.000000755. The smallest absolute Gasteiger partial charge is 0.290 e. The molecule has 8 heteroatoms. The molecule has 4 rings (SSSR count). The van der Waals surface area contributed by atoms with Crippen molar-refractivity contribution in [2.75, 3.05) is 19.6 Å². The highest BCUT2D eigenvalue weighted by Gasteiger charge is 2.49. The molecule has 2 fully saturated rings. The van der Waals surface area contributed by atoms with Crippen molar-refractivity contribution in [2.24, 2.45) is 11.8 Å². The van der Waals surface area contributed by atoms with Crippen LogP contribution in [-0.2, 0) is 9.59 Å². The zero-order valence-electron chi connectivity index (χ0n) is 16.0. The van der Waals surface area contributed by atoms with Crippen LogP contribution in [0.15, 0.2) is 48.8 Å². The summed E-state index contributed by atoms with van der Waals surface area (Å²) in [6.45, 7) is 3.24. The molecule has 3 atom stereocenters. The number of carboxylic acid groups (broad SMARTS) is 1. The van der Waals surface area contributed by atoms with Gasteiger partial charge in [0, 0.05) is 44.6 Å². The molecule has 2 saturated heterocycles. The van der Waals surface area contributed by atoms with Gasteiger partial charge in [0.25, 0.3) is 12.4 Å². The van der Waals surface area contributed by atoms with Crippen molar-refractivity contribution in [1.29, 1.82) is 0 Å². The number of pyridine rings is 1. The lowest BCUT2D eigenvalue weighted by Gasteiger charge is -2.29. The predicted octanol–water partition coefficient (Wildman–Crippen LogP) is 1.78. The Morgan fingerprint density at radius 3 is 2.45 bits per heavy atom. The predicted molar refractivity (Wildman–Crippen MR) is 104 cm³/mol. The Bertz CT molecular complexity index is 889. The first kappa shape index (κ1) is 20.3. The first-order valence-electron chi connectivity index (χ1n) is 9.29. The fourth-order valence-corrected chi connectivity index (χ4v) is 4.34. The molecule has 2 amide bonds. The summed E-state index contributed by atoms with van der Waals surface area (Å²) in [6.07, 6.45) is 2.79. The molecule has 1 aromatic carbocycles. The number of hydrogen-bond acceptors (Lipinski definition) is 5. The molecule has 0 unspecified atom stereocenters. The SMILES string of the molecule is CC(=O)N1C[C@H]2CN(C(=O)c3cncc(O)c3)C[C@H]2[C@@H]1c1ccccc1.O=CO. The lowest BCUT2D eigenvalue weighted by atomic mass is 9.89. The molecule has 2 aliphatic rings. The highest BCUT2D eigenvalue weighted by molar-refractivity contribution is 5.94. The van der Waals surface area contributed by atoms with Gasteiger partial charge in [-0.05, 0) is 11.6 Å². The van der Waals surface area contributed by atoms with Crippen molar-refractivity contribution >= 4 is 18.3 Å². The van der Waals surface area contributed by atoms with Crippen LogP contribution >= 0.6 is 0 Å². The van der Waals surface area contributed by atoms with E-state index in [1.54, 1.807) is 6.92 Å². The number of rotatable bonds is 2. The topological polar surface area (TPSA) is 111 Å². The maximum Gasteiger partial charge on any atom is 0.290 e. The van der Waals surface area contributed by atoms with Crippen molar-refractivity contribution in [2.45, 2.75) is 13.0 Å². The van der Waals surface area contributed by atoms with Gasteiger partial charge in [-0.2, -0.15) is 0 Å². The van der Waals surface area contributed by atoms with Crippen molar-refractivity contribution < 1.29 is 24.6 Å². The van der Waals surface area contributed by atoms with E-state index in [9.17, 15) is 14.7 Å². The second-order valence-corrected chi connectivity index (χ2v) is 7.20. The second kappa shape index (κ2) is 8.72. The molecule has 8 nitrogen and oxygen atoms in total. The van der Waals surface area contributed by atoms with Crippen LogP contribution in [-0.4, -0.2) is 62.9 Å². The highest BCUT2D eigenvalue weighted by Crippen LogP contribution is 2.45. The Labute approximate surface area is 168 Å². The number of aromatic nitrogens is 1. The molecule has 2 N–H and O–H groups in total. The van der Waals surface area contributed by atoms with Crippen LogP contribution in [0.4, 0.5) is 0 Å². The van der Waals surface area contributed by atoms with Gasteiger partial charge in [0.15, 0.2) is 0 Å². The number of amides is 2. The van der Waals surface area contributed by atoms with E-state index in [1.807, 2.05) is 40.1 Å². The zero-order valence-corrected chi connectivity index (χ0v) is 16.0. The van der Waals surface area contributed by atoms with E-state index >= 15 is 0 Å². The summed E-state index contributed by atoms with van der Waals surface area (Å²) in [5, 5.41) is 16.5. The third-order valence-corrected chi connectivity index (χ3v) is 5.47. The van der Waals surface area contributed by atoms with Crippen molar-refractivity contribution in [3.63, 3.8) is 0 Å². The summed E-state index contributed by atoms with van der Waals surface area (Å²) in [6, 6.07) is 11.5. The van der Waals surface area contributed by atoms with Gasteiger partial charge in [-0.25, -0.2) is 0 Å². The highest BCUT2D eigenvalue weighted by atomic mass is 16.3. The monoisotopic (exact) mass is 397 g/mol. The van der Waals surface area contributed by atoms with E-state index in [2.05, 4.69) is 4.98 Å². The van der Waals surface area contributed by atoms with Crippen LogP contribution in [0.3, 0.4) is 0 Å². The third kappa shape index (κ3) is 4.21. The second-order valence-electron chi connectivity index (χ2n) is 7.20. The van der Waals surface area contributed by atoms with Crippen LogP contribution < -0.4 is 0 Å². The summed E-state index contributed by atoms with van der Waals surface area (Å²) in [5.74, 6) is 0.418. The van der Waals surface area contributed by atoms with E-state index < -0.39 is 0 Å². The van der Waals surface area contributed by atoms with E-state index in [0.29, 0.717) is 25.2 Å². The number of fused-ring (bicyclic) bond motifs is 1. The van der Waals surface area contributed by atoms with Gasteiger partial charge in [-0.15, -0.1) is 0 Å². The largest absolute Gasteiger partial charge is 0.506 e. The molecule has 0 spiro atoms. The van der Waals surface area contributed by atoms with Crippen molar-refractivity contribution in [3.8, 4) is 5.75 Å². The summed E-state index contributed by atoms with van der Waals surface area (Å²) < 4.78 is 0. The minimum Gasteiger partial charge on any atom is -0.506 e. The molecule has 152 valence electrons. The maximum absolute atomic E-state index is 12.8. The van der Waals surface area contributed by atoms with Crippen molar-refractivity contribution in [1.82, 2.24) is 14.8 Å². The van der Waals surface area contributed by atoms with Gasteiger partial charge in [-0.3, -0.25) is 19.4 Å². The Morgan fingerprint density at radius 1 is 1.14 bits per heavy atom. The molecule has 0 bridgehead atoms. The minimum atomic E-state index is -0.250. The maximum atomic E-state index is 12.8. The molecule has 0 aliphatic carbocycles. The van der Waals surface area contributed by atoms with Crippen LogP contribution in [0.2, 0.25) is 0 Å². The van der Waals surface area contributed by atoms with E-state index in [1.165, 1.54) is 18.5 Å².